The van der Waals surface area contributed by atoms with Gasteiger partial charge in [0, 0.05) is 17.6 Å². The minimum Gasteiger partial charge on any atom is -0.490 e. The number of benzene rings is 2. The number of amides is 1. The number of hydrogen-bond acceptors (Lipinski definition) is 4. The van der Waals surface area contributed by atoms with Gasteiger partial charge in [-0.3, -0.25) is 9.52 Å². The Morgan fingerprint density at radius 3 is 2.66 bits per heavy atom. The van der Waals surface area contributed by atoms with E-state index in [9.17, 15) is 13.2 Å². The molecule has 29 heavy (non-hydrogen) atoms. The standard InChI is InChI=1S/C21H25ClN2O4S/c1-4-10-24-18-9-8-17(12-19(18)28-14-21(2,3)20(24)25)23-29(26,27)13-15-6-5-7-16(22)11-15/h5-9,11-12,23H,4,10,13-14H2,1-3H3. The Morgan fingerprint density at radius 2 is 1.97 bits per heavy atom. The van der Waals surface area contributed by atoms with Crippen LogP contribution in [-0.2, 0) is 20.6 Å². The van der Waals surface area contributed by atoms with Crippen molar-refractivity contribution in [2.75, 3.05) is 22.8 Å². The molecule has 0 aliphatic carbocycles. The lowest BCUT2D eigenvalue weighted by atomic mass is 9.93. The van der Waals surface area contributed by atoms with E-state index in [0.29, 0.717) is 34.3 Å². The molecule has 2 aromatic rings. The highest BCUT2D eigenvalue weighted by Gasteiger charge is 2.37. The van der Waals surface area contributed by atoms with Gasteiger partial charge in [-0.25, -0.2) is 8.42 Å². The summed E-state index contributed by atoms with van der Waals surface area (Å²) in [5.74, 6) is 0.284. The van der Waals surface area contributed by atoms with Crippen molar-refractivity contribution >= 4 is 38.9 Å². The smallest absolute Gasteiger partial charge is 0.236 e. The number of anilines is 2. The first-order chi connectivity index (χ1) is 13.6. The molecule has 0 saturated heterocycles. The van der Waals surface area contributed by atoms with Crippen LogP contribution in [0.25, 0.3) is 0 Å². The Labute approximate surface area is 176 Å². The second-order valence-corrected chi connectivity index (χ2v) is 9.96. The summed E-state index contributed by atoms with van der Waals surface area (Å²) in [6.07, 6.45) is 0.801. The van der Waals surface area contributed by atoms with Gasteiger partial charge in [-0.15, -0.1) is 0 Å². The van der Waals surface area contributed by atoms with Gasteiger partial charge in [0.1, 0.15) is 12.4 Å². The van der Waals surface area contributed by atoms with Crippen LogP contribution in [0.1, 0.15) is 32.8 Å². The molecule has 0 fully saturated rings. The third kappa shape index (κ3) is 5.03. The monoisotopic (exact) mass is 436 g/mol. The maximum Gasteiger partial charge on any atom is 0.236 e. The minimum absolute atomic E-state index is 0.00705. The topological polar surface area (TPSA) is 75.7 Å². The van der Waals surface area contributed by atoms with Crippen LogP contribution in [0.3, 0.4) is 0 Å². The van der Waals surface area contributed by atoms with Gasteiger partial charge in [0.2, 0.25) is 15.9 Å². The van der Waals surface area contributed by atoms with Crippen molar-refractivity contribution in [3.8, 4) is 5.75 Å². The number of halogens is 1. The molecule has 0 bridgehead atoms. The average molecular weight is 437 g/mol. The van der Waals surface area contributed by atoms with Crippen molar-refractivity contribution in [1.29, 1.82) is 0 Å². The van der Waals surface area contributed by atoms with Crippen LogP contribution in [0.5, 0.6) is 5.75 Å². The number of carbonyl (C=O) groups is 1. The predicted octanol–water partition coefficient (Wildman–Crippen LogP) is 4.44. The Hall–Kier alpha value is -2.25. The molecule has 0 spiro atoms. The predicted molar refractivity (Wildman–Crippen MR) is 116 cm³/mol. The van der Waals surface area contributed by atoms with Gasteiger partial charge < -0.3 is 9.64 Å². The molecule has 6 nitrogen and oxygen atoms in total. The summed E-state index contributed by atoms with van der Waals surface area (Å²) < 4.78 is 33.6. The fourth-order valence-electron chi connectivity index (χ4n) is 3.22. The number of nitrogens with one attached hydrogen (secondary N) is 1. The summed E-state index contributed by atoms with van der Waals surface area (Å²) >= 11 is 5.94. The maximum absolute atomic E-state index is 12.9. The number of fused-ring (bicyclic) bond motifs is 1. The molecular weight excluding hydrogens is 412 g/mol. The van der Waals surface area contributed by atoms with Gasteiger partial charge in [0.25, 0.3) is 0 Å². The van der Waals surface area contributed by atoms with Crippen molar-refractivity contribution in [2.45, 2.75) is 32.9 Å². The maximum atomic E-state index is 12.9. The summed E-state index contributed by atoms with van der Waals surface area (Å²) in [6.45, 7) is 6.48. The van der Waals surface area contributed by atoms with Gasteiger partial charge in [-0.1, -0.05) is 30.7 Å². The summed E-state index contributed by atoms with van der Waals surface area (Å²) in [7, 11) is -3.64. The van der Waals surface area contributed by atoms with Crippen molar-refractivity contribution in [3.05, 3.63) is 53.1 Å². The quantitative estimate of drug-likeness (QED) is 0.726. The Bertz CT molecular complexity index is 1020. The minimum atomic E-state index is -3.64. The lowest BCUT2D eigenvalue weighted by Gasteiger charge is -2.27. The van der Waals surface area contributed by atoms with E-state index < -0.39 is 15.4 Å². The third-order valence-corrected chi connectivity index (χ3v) is 6.12. The first kappa shape index (κ1) is 21.5. The molecule has 8 heteroatoms. The van der Waals surface area contributed by atoms with Gasteiger partial charge in [-0.2, -0.15) is 0 Å². The highest BCUT2D eigenvalue weighted by molar-refractivity contribution is 7.91. The molecule has 3 rings (SSSR count). The van der Waals surface area contributed by atoms with Crippen LogP contribution in [0.4, 0.5) is 11.4 Å². The molecule has 1 heterocycles. The molecule has 1 amide bonds. The second kappa shape index (κ2) is 8.24. The second-order valence-electron chi connectivity index (χ2n) is 7.80. The zero-order chi connectivity index (χ0) is 21.2. The lowest BCUT2D eigenvalue weighted by Crippen LogP contribution is -2.42. The molecule has 0 atom stereocenters. The first-order valence-corrected chi connectivity index (χ1v) is 11.5. The molecule has 0 saturated carbocycles. The summed E-state index contributed by atoms with van der Waals surface area (Å²) in [4.78, 5) is 14.6. The van der Waals surface area contributed by atoms with E-state index in [1.54, 1.807) is 47.4 Å². The molecular formula is C21H25ClN2O4S. The largest absolute Gasteiger partial charge is 0.490 e. The van der Waals surface area contributed by atoms with Gasteiger partial charge in [0.15, 0.2) is 0 Å². The van der Waals surface area contributed by atoms with Crippen LogP contribution >= 0.6 is 11.6 Å². The van der Waals surface area contributed by atoms with Gasteiger partial charge in [-0.05, 0) is 50.1 Å². The van der Waals surface area contributed by atoms with Crippen LogP contribution in [0.15, 0.2) is 42.5 Å². The molecule has 0 unspecified atom stereocenters. The van der Waals surface area contributed by atoms with Crippen molar-refractivity contribution in [2.24, 2.45) is 5.41 Å². The number of carbonyl (C=O) groups excluding carboxylic acids is 1. The van der Waals surface area contributed by atoms with Gasteiger partial charge >= 0.3 is 0 Å². The average Bonchev–Trinajstić information content (AvgIpc) is 2.71. The van der Waals surface area contributed by atoms with Crippen LogP contribution in [-0.4, -0.2) is 27.5 Å². The number of hydrogen-bond donors (Lipinski definition) is 1. The summed E-state index contributed by atoms with van der Waals surface area (Å²) in [6, 6.07) is 11.7. The van der Waals surface area contributed by atoms with E-state index >= 15 is 0 Å². The van der Waals surface area contributed by atoms with Gasteiger partial charge in [0.05, 0.1) is 22.5 Å². The zero-order valence-corrected chi connectivity index (χ0v) is 18.3. The lowest BCUT2D eigenvalue weighted by molar-refractivity contribution is -0.127. The van der Waals surface area contributed by atoms with Crippen molar-refractivity contribution in [1.82, 2.24) is 0 Å². The Morgan fingerprint density at radius 1 is 1.21 bits per heavy atom. The van der Waals surface area contributed by atoms with E-state index in [1.165, 1.54) is 0 Å². The highest BCUT2D eigenvalue weighted by Crippen LogP contribution is 2.38. The summed E-state index contributed by atoms with van der Waals surface area (Å²) in [5, 5.41) is 0.486. The van der Waals surface area contributed by atoms with Crippen molar-refractivity contribution < 1.29 is 17.9 Å². The van der Waals surface area contributed by atoms with E-state index in [4.69, 9.17) is 16.3 Å². The number of rotatable bonds is 6. The first-order valence-electron chi connectivity index (χ1n) is 9.45. The fourth-order valence-corrected chi connectivity index (χ4v) is 4.61. The van der Waals surface area contributed by atoms with Crippen LogP contribution in [0.2, 0.25) is 5.02 Å². The number of ether oxygens (including phenoxy) is 1. The van der Waals surface area contributed by atoms with Crippen LogP contribution in [0, 0.1) is 5.41 Å². The van der Waals surface area contributed by atoms with Crippen molar-refractivity contribution in [3.63, 3.8) is 0 Å². The molecule has 2 aromatic carbocycles. The SMILES string of the molecule is CCCN1C(=O)C(C)(C)COc2cc(NS(=O)(=O)Cc3cccc(Cl)c3)ccc21. The molecule has 156 valence electrons. The molecule has 1 N–H and O–H groups in total. The van der Waals surface area contributed by atoms with E-state index in [-0.39, 0.29) is 18.3 Å². The van der Waals surface area contributed by atoms with E-state index in [1.807, 2.05) is 20.8 Å². The molecule has 1 aliphatic rings. The molecule has 0 radical (unpaired) electrons. The zero-order valence-electron chi connectivity index (χ0n) is 16.7. The Balaban J connectivity index is 1.86. The Kier molecular flexibility index (Phi) is 6.10. The van der Waals surface area contributed by atoms with E-state index in [0.717, 1.165) is 6.42 Å². The fraction of sp³-hybridized carbons (Fsp3) is 0.381. The third-order valence-electron chi connectivity index (χ3n) is 4.63. The molecule has 1 aliphatic heterocycles. The van der Waals surface area contributed by atoms with E-state index in [2.05, 4.69) is 4.72 Å². The summed E-state index contributed by atoms with van der Waals surface area (Å²) in [5.41, 5.74) is 0.965. The normalized spacial score (nSPS) is 16.0. The van der Waals surface area contributed by atoms with Crippen LogP contribution < -0.4 is 14.4 Å². The number of nitrogens with zero attached hydrogens (tertiary/aromatic N) is 1. The number of sulfonamides is 1. The molecule has 0 aromatic heterocycles. The highest BCUT2D eigenvalue weighted by atomic mass is 35.5.